The van der Waals surface area contributed by atoms with E-state index in [0.717, 1.165) is 11.1 Å². The number of Topliss-reactive ketones (excluding diaryl/α,β-unsaturated/α-hetero) is 1. The Balaban J connectivity index is 2.00. The summed E-state index contributed by atoms with van der Waals surface area (Å²) in [7, 11) is 0. The van der Waals surface area contributed by atoms with Crippen LogP contribution in [0.25, 0.3) is 0 Å². The molecule has 0 aromatic heterocycles. The van der Waals surface area contributed by atoms with Crippen LogP contribution >= 0.6 is 0 Å². The summed E-state index contributed by atoms with van der Waals surface area (Å²) in [6.45, 7) is 0.944. The number of esters is 1. The van der Waals surface area contributed by atoms with Gasteiger partial charge >= 0.3 is 5.97 Å². The SMILES string of the molecule is CC(=O)OCC(=O)Nc1ccc2c(c1)CCC2=O. The molecule has 0 radical (unpaired) electrons. The van der Waals surface area contributed by atoms with Crippen LogP contribution in [-0.4, -0.2) is 24.3 Å². The van der Waals surface area contributed by atoms with Gasteiger partial charge in [-0.05, 0) is 30.2 Å². The van der Waals surface area contributed by atoms with Crippen LogP contribution in [0.5, 0.6) is 0 Å². The third kappa shape index (κ3) is 2.74. The zero-order valence-corrected chi connectivity index (χ0v) is 9.99. The molecule has 18 heavy (non-hydrogen) atoms. The molecule has 5 nitrogen and oxygen atoms in total. The lowest BCUT2D eigenvalue weighted by atomic mass is 10.1. The fourth-order valence-corrected chi connectivity index (χ4v) is 1.90. The Labute approximate surface area is 104 Å². The summed E-state index contributed by atoms with van der Waals surface area (Å²) in [5.74, 6) is -0.748. The third-order valence-electron chi connectivity index (χ3n) is 2.72. The van der Waals surface area contributed by atoms with Gasteiger partial charge in [-0.1, -0.05) is 0 Å². The number of amides is 1. The van der Waals surface area contributed by atoms with Crippen LogP contribution in [0.15, 0.2) is 18.2 Å². The quantitative estimate of drug-likeness (QED) is 0.817. The molecule has 0 saturated heterocycles. The van der Waals surface area contributed by atoms with Crippen LogP contribution < -0.4 is 5.32 Å². The number of rotatable bonds is 3. The van der Waals surface area contributed by atoms with Crippen molar-refractivity contribution in [3.63, 3.8) is 0 Å². The van der Waals surface area contributed by atoms with Gasteiger partial charge in [-0.2, -0.15) is 0 Å². The molecule has 0 atom stereocenters. The van der Waals surface area contributed by atoms with Gasteiger partial charge in [0.2, 0.25) is 0 Å². The first-order valence-corrected chi connectivity index (χ1v) is 5.65. The molecule has 0 aliphatic heterocycles. The molecule has 0 fully saturated rings. The van der Waals surface area contributed by atoms with Gasteiger partial charge in [0.1, 0.15) is 0 Å². The highest BCUT2D eigenvalue weighted by atomic mass is 16.5. The predicted molar refractivity (Wildman–Crippen MR) is 64.4 cm³/mol. The number of nitrogens with one attached hydrogen (secondary N) is 1. The van der Waals surface area contributed by atoms with E-state index in [1.807, 2.05) is 0 Å². The summed E-state index contributed by atoms with van der Waals surface area (Å²) in [4.78, 5) is 33.4. The van der Waals surface area contributed by atoms with E-state index in [-0.39, 0.29) is 12.4 Å². The van der Waals surface area contributed by atoms with E-state index in [1.165, 1.54) is 6.92 Å². The molecule has 1 aliphatic carbocycles. The van der Waals surface area contributed by atoms with E-state index in [2.05, 4.69) is 10.1 Å². The fraction of sp³-hybridized carbons (Fsp3) is 0.308. The lowest BCUT2D eigenvalue weighted by Crippen LogP contribution is -2.19. The first-order chi connectivity index (χ1) is 8.56. The van der Waals surface area contributed by atoms with Crippen molar-refractivity contribution in [2.24, 2.45) is 0 Å². The van der Waals surface area contributed by atoms with Crippen molar-refractivity contribution in [2.75, 3.05) is 11.9 Å². The standard InChI is InChI=1S/C13H13NO4/c1-8(15)18-7-13(17)14-10-3-4-11-9(6-10)2-5-12(11)16/h3-4,6H,2,5,7H2,1H3,(H,14,17). The van der Waals surface area contributed by atoms with Crippen LogP contribution in [0.2, 0.25) is 0 Å². The molecule has 1 N–H and O–H groups in total. The molecule has 1 aliphatic rings. The fourth-order valence-electron chi connectivity index (χ4n) is 1.90. The molecule has 0 heterocycles. The highest BCUT2D eigenvalue weighted by Crippen LogP contribution is 2.24. The van der Waals surface area contributed by atoms with Crippen molar-refractivity contribution in [1.82, 2.24) is 0 Å². The maximum Gasteiger partial charge on any atom is 0.303 e. The van der Waals surface area contributed by atoms with E-state index < -0.39 is 11.9 Å². The Morgan fingerprint density at radius 1 is 1.33 bits per heavy atom. The summed E-state index contributed by atoms with van der Waals surface area (Å²) in [5, 5.41) is 2.61. The molecule has 0 unspecified atom stereocenters. The van der Waals surface area contributed by atoms with Crippen LogP contribution in [0.1, 0.15) is 29.3 Å². The Morgan fingerprint density at radius 3 is 2.83 bits per heavy atom. The van der Waals surface area contributed by atoms with Gasteiger partial charge in [-0.25, -0.2) is 0 Å². The molecular formula is C13H13NO4. The second-order valence-electron chi connectivity index (χ2n) is 4.12. The molecule has 1 amide bonds. The van der Waals surface area contributed by atoms with Gasteiger partial charge in [0.15, 0.2) is 12.4 Å². The largest absolute Gasteiger partial charge is 0.456 e. The number of ether oxygens (including phenoxy) is 1. The summed E-state index contributed by atoms with van der Waals surface area (Å²) < 4.78 is 4.58. The average Bonchev–Trinajstić information content (AvgIpc) is 2.68. The van der Waals surface area contributed by atoms with Crippen molar-refractivity contribution < 1.29 is 19.1 Å². The van der Waals surface area contributed by atoms with Gasteiger partial charge < -0.3 is 10.1 Å². The van der Waals surface area contributed by atoms with Gasteiger partial charge in [-0.15, -0.1) is 0 Å². The van der Waals surface area contributed by atoms with E-state index in [9.17, 15) is 14.4 Å². The molecule has 0 saturated carbocycles. The Kier molecular flexibility index (Phi) is 3.41. The van der Waals surface area contributed by atoms with Crippen LogP contribution in [0, 0.1) is 0 Å². The summed E-state index contributed by atoms with van der Waals surface area (Å²) in [6, 6.07) is 5.17. The summed E-state index contributed by atoms with van der Waals surface area (Å²) in [6.07, 6.45) is 1.24. The zero-order valence-electron chi connectivity index (χ0n) is 9.99. The molecule has 1 aromatic rings. The number of hydrogen-bond donors (Lipinski definition) is 1. The van der Waals surface area contributed by atoms with Gasteiger partial charge in [0, 0.05) is 24.6 Å². The maximum absolute atomic E-state index is 11.4. The highest BCUT2D eigenvalue weighted by molar-refractivity contribution is 6.01. The minimum atomic E-state index is -0.496. The summed E-state index contributed by atoms with van der Waals surface area (Å²) in [5.41, 5.74) is 2.29. The highest BCUT2D eigenvalue weighted by Gasteiger charge is 2.19. The van der Waals surface area contributed by atoms with Crippen LogP contribution in [-0.2, 0) is 20.7 Å². The second kappa shape index (κ2) is 5.00. The molecule has 5 heteroatoms. The number of hydrogen-bond acceptors (Lipinski definition) is 4. The smallest absolute Gasteiger partial charge is 0.303 e. The molecule has 0 bridgehead atoms. The van der Waals surface area contributed by atoms with Gasteiger partial charge in [0.25, 0.3) is 5.91 Å². The topological polar surface area (TPSA) is 72.5 Å². The lowest BCUT2D eigenvalue weighted by molar-refractivity contribution is -0.144. The predicted octanol–water partition coefficient (Wildman–Crippen LogP) is 1.32. The van der Waals surface area contributed by atoms with Crippen LogP contribution in [0.4, 0.5) is 5.69 Å². The second-order valence-corrected chi connectivity index (χ2v) is 4.12. The lowest BCUT2D eigenvalue weighted by Gasteiger charge is -2.07. The minimum absolute atomic E-state index is 0.141. The number of ketones is 1. The first kappa shape index (κ1) is 12.3. The van der Waals surface area contributed by atoms with Gasteiger partial charge in [-0.3, -0.25) is 14.4 Å². The zero-order chi connectivity index (χ0) is 13.1. The Morgan fingerprint density at radius 2 is 2.11 bits per heavy atom. The van der Waals surface area contributed by atoms with Crippen LogP contribution in [0.3, 0.4) is 0 Å². The molecule has 1 aromatic carbocycles. The molecule has 94 valence electrons. The van der Waals surface area contributed by atoms with Crippen molar-refractivity contribution in [3.8, 4) is 0 Å². The monoisotopic (exact) mass is 247 g/mol. The number of anilines is 1. The summed E-state index contributed by atoms with van der Waals surface area (Å²) >= 11 is 0. The van der Waals surface area contributed by atoms with E-state index in [1.54, 1.807) is 18.2 Å². The number of benzene rings is 1. The van der Waals surface area contributed by atoms with E-state index in [0.29, 0.717) is 18.5 Å². The van der Waals surface area contributed by atoms with Crippen molar-refractivity contribution in [1.29, 1.82) is 0 Å². The first-order valence-electron chi connectivity index (χ1n) is 5.65. The normalized spacial score (nSPS) is 13.1. The maximum atomic E-state index is 11.4. The molecule has 0 spiro atoms. The van der Waals surface area contributed by atoms with E-state index in [4.69, 9.17) is 0 Å². The number of carbonyl (C=O) groups is 3. The Bertz CT molecular complexity index is 522. The number of fused-ring (bicyclic) bond motifs is 1. The van der Waals surface area contributed by atoms with Crippen molar-refractivity contribution >= 4 is 23.3 Å². The molecular weight excluding hydrogens is 234 g/mol. The van der Waals surface area contributed by atoms with Crippen molar-refractivity contribution in [2.45, 2.75) is 19.8 Å². The number of carbonyl (C=O) groups excluding carboxylic acids is 3. The Hall–Kier alpha value is -2.17. The van der Waals surface area contributed by atoms with Gasteiger partial charge in [0.05, 0.1) is 0 Å². The minimum Gasteiger partial charge on any atom is -0.456 e. The van der Waals surface area contributed by atoms with E-state index >= 15 is 0 Å². The van der Waals surface area contributed by atoms with Crippen molar-refractivity contribution in [3.05, 3.63) is 29.3 Å². The average molecular weight is 247 g/mol. The molecule has 2 rings (SSSR count). The third-order valence-corrected chi connectivity index (χ3v) is 2.72. The number of aryl methyl sites for hydroxylation is 1.